The zero-order valence-corrected chi connectivity index (χ0v) is 25.9. The average molecular weight is 648 g/mol. The predicted molar refractivity (Wildman–Crippen MR) is 161 cm³/mol. The van der Waals surface area contributed by atoms with E-state index in [2.05, 4.69) is 16.2 Å². The molecule has 0 aliphatic carbocycles. The largest absolute Gasteiger partial charge is 0.444 e. The van der Waals surface area contributed by atoms with Gasteiger partial charge in [0.25, 0.3) is 0 Å². The third-order valence-corrected chi connectivity index (χ3v) is 8.27. The second-order valence-electron chi connectivity index (χ2n) is 11.5. The number of alkyl halides is 3. The fourth-order valence-electron chi connectivity index (χ4n) is 5.19. The molecular weight excluding hydrogens is 617 g/mol. The van der Waals surface area contributed by atoms with Gasteiger partial charge in [0.15, 0.2) is 10.9 Å². The van der Waals surface area contributed by atoms with Crippen molar-refractivity contribution < 1.29 is 31.5 Å². The molecule has 1 amide bonds. The summed E-state index contributed by atoms with van der Waals surface area (Å²) in [4.78, 5) is 21.1. The summed E-state index contributed by atoms with van der Waals surface area (Å²) >= 11 is 1.06. The number of halogens is 5. The van der Waals surface area contributed by atoms with E-state index >= 15 is 4.39 Å². The lowest BCUT2D eigenvalue weighted by atomic mass is 10.1. The van der Waals surface area contributed by atoms with E-state index in [0.717, 1.165) is 27.2 Å². The molecule has 9 nitrogen and oxygen atoms in total. The Morgan fingerprint density at radius 3 is 2.44 bits per heavy atom. The van der Waals surface area contributed by atoms with Crippen LogP contribution >= 0.6 is 11.3 Å². The number of nitrogens with zero attached hydrogens (tertiary/aromatic N) is 7. The molecule has 1 unspecified atom stereocenters. The van der Waals surface area contributed by atoms with Crippen LogP contribution in [-0.4, -0.2) is 70.3 Å². The van der Waals surface area contributed by atoms with Gasteiger partial charge in [-0.15, -0.1) is 0 Å². The van der Waals surface area contributed by atoms with Crippen LogP contribution in [0.25, 0.3) is 22.2 Å². The molecule has 0 spiro atoms. The Hall–Kier alpha value is -4.45. The van der Waals surface area contributed by atoms with Crippen LogP contribution in [0.3, 0.4) is 0 Å². The standard InChI is InChI=1S/C30H30F5N7O2S/c1-6-42-26(39(5)27-37-24(22(15-36)45-27)17-7-9-18(31)10-8-17)20-13-19(14-21(32)25(20)38-42)41-12-11-40(16-23(41)30(33,34)35)28(43)44-29(2,3)4/h7-10,13-14,23H,6,11-12,16H2,1-5H3. The molecule has 1 saturated heterocycles. The highest BCUT2D eigenvalue weighted by Crippen LogP contribution is 2.41. The highest BCUT2D eigenvalue weighted by Gasteiger charge is 2.48. The number of piperazine rings is 1. The molecule has 1 fully saturated rings. The maximum atomic E-state index is 15.6. The van der Waals surface area contributed by atoms with Crippen LogP contribution in [0.1, 0.15) is 32.6 Å². The molecule has 3 heterocycles. The van der Waals surface area contributed by atoms with Crippen molar-refractivity contribution in [2.24, 2.45) is 0 Å². The first-order valence-corrected chi connectivity index (χ1v) is 14.8. The maximum absolute atomic E-state index is 15.6. The second kappa shape index (κ2) is 11.8. The molecule has 238 valence electrons. The van der Waals surface area contributed by atoms with Crippen molar-refractivity contribution >= 4 is 45.0 Å². The number of hydrogen-bond donors (Lipinski definition) is 0. The number of hydrogen-bond acceptors (Lipinski definition) is 8. The van der Waals surface area contributed by atoms with E-state index in [1.165, 1.54) is 35.0 Å². The first-order valence-electron chi connectivity index (χ1n) is 14.0. The quantitative estimate of drug-likeness (QED) is 0.214. The molecule has 45 heavy (non-hydrogen) atoms. The van der Waals surface area contributed by atoms with E-state index in [0.29, 0.717) is 28.8 Å². The van der Waals surface area contributed by atoms with Crippen molar-refractivity contribution in [1.82, 2.24) is 19.7 Å². The van der Waals surface area contributed by atoms with Crippen LogP contribution in [0.5, 0.6) is 0 Å². The number of anilines is 3. The Morgan fingerprint density at radius 1 is 1.16 bits per heavy atom. The summed E-state index contributed by atoms with van der Waals surface area (Å²) in [7, 11) is 1.64. The predicted octanol–water partition coefficient (Wildman–Crippen LogP) is 7.09. The van der Waals surface area contributed by atoms with Gasteiger partial charge in [-0.1, -0.05) is 11.3 Å². The first kappa shape index (κ1) is 32.0. The number of aromatic nitrogens is 3. The summed E-state index contributed by atoms with van der Waals surface area (Å²) in [6, 6.07) is 7.97. The minimum absolute atomic E-state index is 0.0275. The SMILES string of the molecule is CCn1nc2c(F)cc(N3CCN(C(=O)OC(C)(C)C)CC3C(F)(F)F)cc2c1N(C)c1nc(-c2ccc(F)cc2)c(C#N)s1. The van der Waals surface area contributed by atoms with Gasteiger partial charge in [-0.25, -0.2) is 23.2 Å². The van der Waals surface area contributed by atoms with Gasteiger partial charge in [0, 0.05) is 43.3 Å². The van der Waals surface area contributed by atoms with Crippen molar-refractivity contribution in [3.8, 4) is 17.3 Å². The lowest BCUT2D eigenvalue weighted by Gasteiger charge is -2.43. The number of carbonyl (C=O) groups excluding carboxylic acids is 1. The molecule has 0 bridgehead atoms. The molecule has 0 saturated carbocycles. The van der Waals surface area contributed by atoms with Crippen LogP contribution in [0.2, 0.25) is 0 Å². The topological polar surface area (TPSA) is 90.5 Å². The Bertz CT molecular complexity index is 1770. The third kappa shape index (κ3) is 6.37. The Morgan fingerprint density at radius 2 is 1.84 bits per heavy atom. The summed E-state index contributed by atoms with van der Waals surface area (Å²) in [5.41, 5.74) is -0.105. The third-order valence-electron chi connectivity index (χ3n) is 7.24. The Balaban J connectivity index is 1.55. The van der Waals surface area contributed by atoms with Crippen molar-refractivity contribution in [2.75, 3.05) is 36.5 Å². The Labute approximate surface area is 260 Å². The molecular formula is C30H30F5N7O2S. The number of carbonyl (C=O) groups is 1. The number of nitriles is 1. The Kier molecular flexibility index (Phi) is 8.39. The summed E-state index contributed by atoms with van der Waals surface area (Å²) in [6.07, 6.45) is -5.60. The minimum atomic E-state index is -4.75. The van der Waals surface area contributed by atoms with Gasteiger partial charge in [-0.05, 0) is 64.1 Å². The van der Waals surface area contributed by atoms with E-state index in [4.69, 9.17) is 4.74 Å². The molecule has 4 aromatic rings. The van der Waals surface area contributed by atoms with E-state index in [-0.39, 0.29) is 34.6 Å². The number of fused-ring (bicyclic) bond motifs is 1. The van der Waals surface area contributed by atoms with E-state index < -0.39 is 42.1 Å². The molecule has 1 aliphatic heterocycles. The molecule has 0 radical (unpaired) electrons. The maximum Gasteiger partial charge on any atom is 0.410 e. The molecule has 2 aromatic heterocycles. The molecule has 1 aliphatic rings. The first-order chi connectivity index (χ1) is 21.1. The molecule has 5 rings (SSSR count). The van der Waals surface area contributed by atoms with Gasteiger partial charge in [0.05, 0.1) is 6.54 Å². The average Bonchev–Trinajstić information content (AvgIpc) is 3.58. The zero-order chi connectivity index (χ0) is 32.8. The summed E-state index contributed by atoms with van der Waals surface area (Å²) in [6.45, 7) is 5.98. The normalized spacial score (nSPS) is 15.8. The molecule has 0 N–H and O–H groups in total. The number of thiazole rings is 1. The molecule has 2 aromatic carbocycles. The smallest absolute Gasteiger partial charge is 0.410 e. The van der Waals surface area contributed by atoms with Crippen molar-refractivity contribution in [3.05, 3.63) is 52.9 Å². The second-order valence-corrected chi connectivity index (χ2v) is 12.5. The number of benzene rings is 2. The molecule has 1 atom stereocenters. The van der Waals surface area contributed by atoms with Gasteiger partial charge in [0.1, 0.15) is 45.4 Å². The fourth-order valence-corrected chi connectivity index (χ4v) is 6.04. The van der Waals surface area contributed by atoms with Crippen LogP contribution < -0.4 is 9.80 Å². The van der Waals surface area contributed by atoms with Gasteiger partial charge < -0.3 is 19.4 Å². The lowest BCUT2D eigenvalue weighted by molar-refractivity contribution is -0.155. The summed E-state index contributed by atoms with van der Waals surface area (Å²) < 4.78 is 79.1. The lowest BCUT2D eigenvalue weighted by Crippen LogP contribution is -2.60. The highest BCUT2D eigenvalue weighted by molar-refractivity contribution is 7.16. The van der Waals surface area contributed by atoms with Gasteiger partial charge in [-0.3, -0.25) is 0 Å². The minimum Gasteiger partial charge on any atom is -0.444 e. The fraction of sp³-hybridized carbons (Fsp3) is 0.400. The number of amides is 1. The van der Waals surface area contributed by atoms with Crippen LogP contribution in [0, 0.1) is 23.0 Å². The number of rotatable bonds is 5. The highest BCUT2D eigenvalue weighted by atomic mass is 32.1. The van der Waals surface area contributed by atoms with E-state index in [1.54, 1.807) is 39.6 Å². The summed E-state index contributed by atoms with van der Waals surface area (Å²) in [5.74, 6) is -0.906. The van der Waals surface area contributed by atoms with Crippen LogP contribution in [0.15, 0.2) is 36.4 Å². The van der Waals surface area contributed by atoms with E-state index in [9.17, 15) is 27.6 Å². The van der Waals surface area contributed by atoms with E-state index in [1.807, 2.05) is 0 Å². The van der Waals surface area contributed by atoms with Crippen molar-refractivity contribution in [3.63, 3.8) is 0 Å². The van der Waals surface area contributed by atoms with Gasteiger partial charge in [0.2, 0.25) is 0 Å². The monoisotopic (exact) mass is 647 g/mol. The summed E-state index contributed by atoms with van der Waals surface area (Å²) in [5, 5.41) is 14.7. The molecule has 15 heteroatoms. The van der Waals surface area contributed by atoms with Gasteiger partial charge >= 0.3 is 12.3 Å². The van der Waals surface area contributed by atoms with Crippen molar-refractivity contribution in [1.29, 1.82) is 5.26 Å². The van der Waals surface area contributed by atoms with Crippen LogP contribution in [-0.2, 0) is 11.3 Å². The van der Waals surface area contributed by atoms with Crippen molar-refractivity contribution in [2.45, 2.75) is 52.1 Å². The zero-order valence-electron chi connectivity index (χ0n) is 25.1. The number of ether oxygens (including phenoxy) is 1. The van der Waals surface area contributed by atoms with Crippen LogP contribution in [0.4, 0.5) is 43.4 Å². The number of aryl methyl sites for hydroxylation is 1. The van der Waals surface area contributed by atoms with Gasteiger partial charge in [-0.2, -0.15) is 23.5 Å².